The lowest BCUT2D eigenvalue weighted by Gasteiger charge is -2.23. The molecule has 0 bridgehead atoms. The Hall–Kier alpha value is -2.28. The van der Waals surface area contributed by atoms with E-state index in [0.717, 1.165) is 5.56 Å². The van der Waals surface area contributed by atoms with Crippen LogP contribution in [-0.2, 0) is 16.1 Å². The van der Waals surface area contributed by atoms with Gasteiger partial charge in [-0.3, -0.25) is 0 Å². The Bertz CT molecular complexity index is 811. The number of esters is 1. The van der Waals surface area contributed by atoms with Gasteiger partial charge in [-0.2, -0.15) is 0 Å². The Kier molecular flexibility index (Phi) is 6.21. The summed E-state index contributed by atoms with van der Waals surface area (Å²) in [5.41, 5.74) is 1.24. The van der Waals surface area contributed by atoms with E-state index >= 15 is 0 Å². The molecule has 0 spiro atoms. The van der Waals surface area contributed by atoms with Crippen molar-refractivity contribution in [3.8, 4) is 0 Å². The van der Waals surface area contributed by atoms with E-state index in [4.69, 9.17) is 27.9 Å². The summed E-state index contributed by atoms with van der Waals surface area (Å²) in [7, 11) is 0. The highest BCUT2D eigenvalue weighted by Gasteiger charge is 2.40. The number of likely N-dealkylation sites (tertiary alicyclic amines) is 1. The Morgan fingerprint density at radius 1 is 1.15 bits per heavy atom. The summed E-state index contributed by atoms with van der Waals surface area (Å²) >= 11 is 11.9. The van der Waals surface area contributed by atoms with E-state index in [1.165, 1.54) is 4.90 Å². The van der Waals surface area contributed by atoms with E-state index in [1.807, 2.05) is 30.3 Å². The summed E-state index contributed by atoms with van der Waals surface area (Å²) in [6, 6.07) is 12.5. The zero-order valence-corrected chi connectivity index (χ0v) is 15.8. The lowest BCUT2D eigenvalue weighted by atomic mass is 10.2. The van der Waals surface area contributed by atoms with Gasteiger partial charge in [-0.25, -0.2) is 9.59 Å². The van der Waals surface area contributed by atoms with Crippen molar-refractivity contribution in [3.63, 3.8) is 0 Å². The number of β-amino-alcohol motifs (C(OH)–C–C–N with tert-alkyl or cyclic N) is 1. The molecule has 0 aliphatic carbocycles. The third-order valence-electron chi connectivity index (χ3n) is 4.15. The maximum atomic E-state index is 12.6. The van der Waals surface area contributed by atoms with Gasteiger partial charge in [0.2, 0.25) is 0 Å². The fourth-order valence-corrected chi connectivity index (χ4v) is 3.43. The predicted octanol–water partition coefficient (Wildman–Crippen LogP) is 3.70. The number of hydrogen-bond donors (Lipinski definition) is 2. The minimum atomic E-state index is -0.863. The molecule has 27 heavy (non-hydrogen) atoms. The summed E-state index contributed by atoms with van der Waals surface area (Å²) < 4.78 is 5.32. The molecular weight excluding hydrogens is 391 g/mol. The number of nitrogens with one attached hydrogen (secondary N) is 1. The average molecular weight is 409 g/mol. The lowest BCUT2D eigenvalue weighted by Crippen LogP contribution is -2.43. The highest BCUT2D eigenvalue weighted by atomic mass is 35.5. The minimum Gasteiger partial charge on any atom is -0.459 e. The van der Waals surface area contributed by atoms with Gasteiger partial charge in [0.05, 0.1) is 6.10 Å². The van der Waals surface area contributed by atoms with Gasteiger partial charge in [0.15, 0.2) is 0 Å². The number of aliphatic hydroxyl groups is 1. The van der Waals surface area contributed by atoms with Crippen LogP contribution in [0, 0.1) is 0 Å². The van der Waals surface area contributed by atoms with Gasteiger partial charge in [-0.15, -0.1) is 0 Å². The topological polar surface area (TPSA) is 78.9 Å². The van der Waals surface area contributed by atoms with Gasteiger partial charge in [0, 0.05) is 28.7 Å². The quantitative estimate of drug-likeness (QED) is 0.755. The molecule has 0 saturated carbocycles. The van der Waals surface area contributed by atoms with Gasteiger partial charge >= 0.3 is 12.0 Å². The van der Waals surface area contributed by atoms with Gasteiger partial charge in [0.1, 0.15) is 12.6 Å². The molecule has 142 valence electrons. The van der Waals surface area contributed by atoms with Crippen LogP contribution in [0.4, 0.5) is 10.5 Å². The lowest BCUT2D eigenvalue weighted by molar-refractivity contribution is -0.149. The summed E-state index contributed by atoms with van der Waals surface area (Å²) in [5, 5.41) is 13.3. The molecule has 2 N–H and O–H groups in total. The number of nitrogens with zero attached hydrogens (tertiary/aromatic N) is 1. The molecule has 1 saturated heterocycles. The van der Waals surface area contributed by atoms with Crippen LogP contribution in [0.1, 0.15) is 12.0 Å². The zero-order valence-electron chi connectivity index (χ0n) is 14.3. The number of carbonyl (C=O) groups is 2. The van der Waals surface area contributed by atoms with Gasteiger partial charge in [0.25, 0.3) is 0 Å². The Labute approximate surface area is 166 Å². The van der Waals surface area contributed by atoms with Crippen LogP contribution < -0.4 is 5.32 Å². The molecule has 1 aliphatic heterocycles. The molecule has 2 aromatic carbocycles. The van der Waals surface area contributed by atoms with Crippen molar-refractivity contribution in [2.24, 2.45) is 0 Å². The van der Waals surface area contributed by atoms with Crippen LogP contribution in [0.2, 0.25) is 10.0 Å². The van der Waals surface area contributed by atoms with Crippen LogP contribution in [0.25, 0.3) is 0 Å². The van der Waals surface area contributed by atoms with E-state index in [1.54, 1.807) is 18.2 Å². The van der Waals surface area contributed by atoms with E-state index < -0.39 is 24.1 Å². The minimum absolute atomic E-state index is 0.0330. The van der Waals surface area contributed by atoms with Gasteiger partial charge in [-0.1, -0.05) is 53.5 Å². The van der Waals surface area contributed by atoms with Crippen molar-refractivity contribution < 1.29 is 19.4 Å². The number of halogens is 2. The number of urea groups is 1. The van der Waals surface area contributed by atoms with E-state index in [0.29, 0.717) is 15.7 Å². The van der Waals surface area contributed by atoms with Crippen LogP contribution in [-0.4, -0.2) is 40.7 Å². The Morgan fingerprint density at radius 3 is 2.48 bits per heavy atom. The molecule has 1 fully saturated rings. The number of benzene rings is 2. The fourth-order valence-electron chi connectivity index (χ4n) is 2.91. The summed E-state index contributed by atoms with van der Waals surface area (Å²) in [6.07, 6.45) is -0.676. The molecule has 2 atom stereocenters. The largest absolute Gasteiger partial charge is 0.459 e. The molecule has 2 amide bonds. The smallest absolute Gasteiger partial charge is 0.329 e. The SMILES string of the molecule is O=C(OCc1ccccc1)[C@@H]1C[C@@H](O)CN1C(=O)Nc1cc(Cl)cc(Cl)c1. The summed E-state index contributed by atoms with van der Waals surface area (Å²) in [5.74, 6) is -0.560. The molecule has 0 radical (unpaired) electrons. The molecule has 6 nitrogen and oxygen atoms in total. The molecule has 0 unspecified atom stereocenters. The predicted molar refractivity (Wildman–Crippen MR) is 103 cm³/mol. The third kappa shape index (κ3) is 5.13. The van der Waals surface area contributed by atoms with Crippen molar-refractivity contribution in [2.45, 2.75) is 25.2 Å². The first kappa shape index (κ1) is 19.5. The first-order valence-corrected chi connectivity index (χ1v) is 9.10. The maximum Gasteiger partial charge on any atom is 0.329 e. The number of amides is 2. The number of aliphatic hydroxyl groups excluding tert-OH is 1. The Balaban J connectivity index is 1.65. The zero-order chi connectivity index (χ0) is 19.4. The van der Waals surface area contributed by atoms with Crippen LogP contribution in [0.15, 0.2) is 48.5 Å². The summed E-state index contributed by atoms with van der Waals surface area (Å²) in [6.45, 7) is 0.136. The van der Waals surface area contributed by atoms with Crippen molar-refractivity contribution >= 4 is 40.9 Å². The third-order valence-corrected chi connectivity index (χ3v) is 4.59. The number of rotatable bonds is 4. The van der Waals surface area contributed by atoms with Crippen LogP contribution >= 0.6 is 23.2 Å². The molecule has 1 heterocycles. The second-order valence-electron chi connectivity index (χ2n) is 6.24. The molecule has 8 heteroatoms. The molecular formula is C19H18Cl2N2O4. The fraction of sp³-hybridized carbons (Fsp3) is 0.263. The number of anilines is 1. The standard InChI is InChI=1S/C19H18Cl2N2O4/c20-13-6-14(21)8-15(7-13)22-19(26)23-10-16(24)9-17(23)18(25)27-11-12-4-2-1-3-5-12/h1-8,16-17,24H,9-11H2,(H,22,26)/t16-,17+/m1/s1. The van der Waals surface area contributed by atoms with E-state index in [2.05, 4.69) is 5.32 Å². The molecule has 2 aromatic rings. The summed E-state index contributed by atoms with van der Waals surface area (Å²) in [4.78, 5) is 26.3. The van der Waals surface area contributed by atoms with Crippen molar-refractivity contribution in [2.75, 3.05) is 11.9 Å². The molecule has 3 rings (SSSR count). The van der Waals surface area contributed by atoms with Gasteiger partial charge < -0.3 is 20.1 Å². The number of ether oxygens (including phenoxy) is 1. The Morgan fingerprint density at radius 2 is 1.81 bits per heavy atom. The second-order valence-corrected chi connectivity index (χ2v) is 7.11. The average Bonchev–Trinajstić information content (AvgIpc) is 3.02. The molecule has 0 aromatic heterocycles. The van der Waals surface area contributed by atoms with E-state index in [-0.39, 0.29) is 19.6 Å². The number of carbonyl (C=O) groups excluding carboxylic acids is 2. The highest BCUT2D eigenvalue weighted by Crippen LogP contribution is 2.25. The highest BCUT2D eigenvalue weighted by molar-refractivity contribution is 6.35. The van der Waals surface area contributed by atoms with Crippen molar-refractivity contribution in [1.82, 2.24) is 4.90 Å². The van der Waals surface area contributed by atoms with E-state index in [9.17, 15) is 14.7 Å². The normalized spacial score (nSPS) is 19.0. The first-order chi connectivity index (χ1) is 12.9. The van der Waals surface area contributed by atoms with Crippen molar-refractivity contribution in [1.29, 1.82) is 0 Å². The number of hydrogen-bond acceptors (Lipinski definition) is 4. The van der Waals surface area contributed by atoms with Crippen LogP contribution in [0.5, 0.6) is 0 Å². The monoisotopic (exact) mass is 408 g/mol. The second kappa shape index (κ2) is 8.61. The maximum absolute atomic E-state index is 12.6. The first-order valence-electron chi connectivity index (χ1n) is 8.34. The van der Waals surface area contributed by atoms with Crippen molar-refractivity contribution in [3.05, 3.63) is 64.1 Å². The van der Waals surface area contributed by atoms with Crippen LogP contribution in [0.3, 0.4) is 0 Å². The van der Waals surface area contributed by atoms with Gasteiger partial charge in [-0.05, 0) is 23.8 Å². The molecule has 1 aliphatic rings.